The molecule has 5 aromatic rings. The summed E-state index contributed by atoms with van der Waals surface area (Å²) in [5.74, 6) is 1.01. The van der Waals surface area contributed by atoms with E-state index in [9.17, 15) is 9.59 Å². The monoisotopic (exact) mass is 507 g/mol. The predicted octanol–water partition coefficient (Wildman–Crippen LogP) is 4.78. The second-order valence-corrected chi connectivity index (χ2v) is 9.30. The summed E-state index contributed by atoms with van der Waals surface area (Å²) in [6.07, 6.45) is 2.94. The number of nitrogens with one attached hydrogen (secondary N) is 1. The molecule has 0 fully saturated rings. The molecule has 8 heteroatoms. The van der Waals surface area contributed by atoms with E-state index < -0.39 is 6.09 Å². The highest BCUT2D eigenvalue weighted by atomic mass is 16.6. The Morgan fingerprint density at radius 3 is 2.45 bits per heavy atom. The molecule has 0 aliphatic carbocycles. The maximum absolute atomic E-state index is 12.5. The maximum Gasteiger partial charge on any atom is 0.412 e. The van der Waals surface area contributed by atoms with E-state index in [0.29, 0.717) is 31.2 Å². The van der Waals surface area contributed by atoms with E-state index in [1.54, 1.807) is 29.1 Å². The summed E-state index contributed by atoms with van der Waals surface area (Å²) in [6, 6.07) is 22.9. The first-order valence-electron chi connectivity index (χ1n) is 12.4. The minimum Gasteiger partial charge on any atom is -0.408 e. The van der Waals surface area contributed by atoms with Crippen LogP contribution in [-0.2, 0) is 19.6 Å². The number of hydrogen-bond donors (Lipinski definition) is 2. The van der Waals surface area contributed by atoms with Crippen molar-refractivity contribution in [2.24, 2.45) is 0 Å². The lowest BCUT2D eigenvalue weighted by atomic mass is 10.1. The van der Waals surface area contributed by atoms with Crippen molar-refractivity contribution >= 4 is 22.7 Å². The van der Waals surface area contributed by atoms with Crippen LogP contribution in [0.25, 0.3) is 10.8 Å². The average Bonchev–Trinajstić information content (AvgIpc) is 3.17. The van der Waals surface area contributed by atoms with Crippen molar-refractivity contribution in [1.82, 2.24) is 19.4 Å². The van der Waals surface area contributed by atoms with Crippen LogP contribution in [0.4, 0.5) is 10.6 Å². The first-order chi connectivity index (χ1) is 18.4. The lowest BCUT2D eigenvalue weighted by Gasteiger charge is -2.12. The van der Waals surface area contributed by atoms with E-state index in [1.165, 1.54) is 0 Å². The predicted molar refractivity (Wildman–Crippen MR) is 148 cm³/mol. The number of pyridine rings is 2. The molecule has 8 nitrogen and oxygen atoms in total. The number of amides is 1. The molecule has 0 bridgehead atoms. The molecule has 0 saturated carbocycles. The first-order valence-corrected chi connectivity index (χ1v) is 12.4. The Labute approximate surface area is 220 Å². The Morgan fingerprint density at radius 1 is 0.947 bits per heavy atom. The number of nitrogens with zero attached hydrogens (tertiary/aromatic N) is 3. The molecule has 0 radical (unpaired) electrons. The number of fused-ring (bicyclic) bond motifs is 1. The summed E-state index contributed by atoms with van der Waals surface area (Å²) >= 11 is 0. The molecule has 3 heterocycles. The Balaban J connectivity index is 1.21. The van der Waals surface area contributed by atoms with Gasteiger partial charge in [0.1, 0.15) is 5.82 Å². The SMILES string of the molecule is Cc1cc(OC(=O)NCc2ccc3c(N)nccc3c2)c(C)n1Cc1ccc(Cn2ccccc2=O)cc1. The number of carbonyl (C=O) groups is 1. The zero-order chi connectivity index (χ0) is 26.6. The highest BCUT2D eigenvalue weighted by molar-refractivity contribution is 5.91. The molecule has 0 aliphatic rings. The second-order valence-electron chi connectivity index (χ2n) is 9.30. The van der Waals surface area contributed by atoms with Gasteiger partial charge in [-0.3, -0.25) is 4.79 Å². The molecule has 1 amide bonds. The lowest BCUT2D eigenvalue weighted by Crippen LogP contribution is -2.26. The number of anilines is 1. The maximum atomic E-state index is 12.5. The normalized spacial score (nSPS) is 11.0. The van der Waals surface area contributed by atoms with Crippen LogP contribution >= 0.6 is 0 Å². The van der Waals surface area contributed by atoms with Crippen molar-refractivity contribution < 1.29 is 9.53 Å². The zero-order valence-electron chi connectivity index (χ0n) is 21.3. The van der Waals surface area contributed by atoms with Crippen LogP contribution in [0.15, 0.2) is 90.0 Å². The molecule has 0 aliphatic heterocycles. The van der Waals surface area contributed by atoms with Crippen molar-refractivity contribution in [1.29, 1.82) is 0 Å². The molecule has 2 aromatic carbocycles. The van der Waals surface area contributed by atoms with Gasteiger partial charge in [-0.05, 0) is 54.1 Å². The van der Waals surface area contributed by atoms with E-state index in [1.807, 2.05) is 62.4 Å². The highest BCUT2D eigenvalue weighted by Gasteiger charge is 2.14. The number of hydrogen-bond acceptors (Lipinski definition) is 5. The quantitative estimate of drug-likeness (QED) is 0.330. The number of nitrogens with two attached hydrogens (primary N) is 1. The molecule has 192 valence electrons. The average molecular weight is 508 g/mol. The van der Waals surface area contributed by atoms with Gasteiger partial charge < -0.3 is 24.9 Å². The minimum absolute atomic E-state index is 0.0215. The number of rotatable bonds is 7. The van der Waals surface area contributed by atoms with Crippen molar-refractivity contribution in [3.8, 4) is 5.75 Å². The Morgan fingerprint density at radius 2 is 1.68 bits per heavy atom. The number of aromatic nitrogens is 3. The molecule has 38 heavy (non-hydrogen) atoms. The summed E-state index contributed by atoms with van der Waals surface area (Å²) < 4.78 is 9.43. The summed E-state index contributed by atoms with van der Waals surface area (Å²) in [5, 5.41) is 4.67. The number of ether oxygens (including phenoxy) is 1. The fourth-order valence-corrected chi connectivity index (χ4v) is 4.51. The van der Waals surface area contributed by atoms with Gasteiger partial charge in [0.25, 0.3) is 5.56 Å². The van der Waals surface area contributed by atoms with Gasteiger partial charge in [-0.15, -0.1) is 0 Å². The van der Waals surface area contributed by atoms with Gasteiger partial charge in [0.2, 0.25) is 0 Å². The van der Waals surface area contributed by atoms with Crippen LogP contribution in [0.3, 0.4) is 0 Å². The summed E-state index contributed by atoms with van der Waals surface area (Å²) in [4.78, 5) is 28.6. The lowest BCUT2D eigenvalue weighted by molar-refractivity contribution is 0.199. The molecule has 0 atom stereocenters. The number of nitrogen functional groups attached to an aromatic ring is 1. The van der Waals surface area contributed by atoms with Crippen molar-refractivity contribution in [2.45, 2.75) is 33.5 Å². The summed E-state index contributed by atoms with van der Waals surface area (Å²) in [7, 11) is 0. The first kappa shape index (κ1) is 24.8. The molecule has 5 rings (SSSR count). The Hall–Kier alpha value is -4.85. The van der Waals surface area contributed by atoms with E-state index in [0.717, 1.165) is 38.9 Å². The number of aryl methyl sites for hydroxylation is 1. The van der Waals surface area contributed by atoms with Gasteiger partial charge in [-0.1, -0.05) is 42.5 Å². The molecule has 0 unspecified atom stereocenters. The smallest absolute Gasteiger partial charge is 0.408 e. The largest absolute Gasteiger partial charge is 0.412 e. The molecule has 0 saturated heterocycles. The van der Waals surface area contributed by atoms with Gasteiger partial charge in [0, 0.05) is 48.7 Å². The van der Waals surface area contributed by atoms with E-state index in [-0.39, 0.29) is 5.56 Å². The zero-order valence-corrected chi connectivity index (χ0v) is 21.3. The van der Waals surface area contributed by atoms with Gasteiger partial charge in [0.05, 0.1) is 12.2 Å². The molecule has 3 N–H and O–H groups in total. The van der Waals surface area contributed by atoms with Crippen LogP contribution in [0, 0.1) is 13.8 Å². The highest BCUT2D eigenvalue weighted by Crippen LogP contribution is 2.25. The third-order valence-corrected chi connectivity index (χ3v) is 6.64. The van der Waals surface area contributed by atoms with Crippen LogP contribution in [0.2, 0.25) is 0 Å². The second kappa shape index (κ2) is 10.6. The van der Waals surface area contributed by atoms with Crippen LogP contribution < -0.4 is 21.3 Å². The van der Waals surface area contributed by atoms with E-state index >= 15 is 0 Å². The van der Waals surface area contributed by atoms with Crippen LogP contribution in [-0.4, -0.2) is 20.2 Å². The van der Waals surface area contributed by atoms with E-state index in [4.69, 9.17) is 10.5 Å². The van der Waals surface area contributed by atoms with Gasteiger partial charge in [-0.2, -0.15) is 0 Å². The molecule has 0 spiro atoms. The molecule has 3 aromatic heterocycles. The van der Waals surface area contributed by atoms with Crippen molar-refractivity contribution in [3.05, 3.63) is 124 Å². The molecular weight excluding hydrogens is 478 g/mol. The minimum atomic E-state index is -0.514. The standard InChI is InChI=1S/C30H29N5O3/c1-20-15-27(38-30(37)33-17-24-10-11-26-25(16-24)12-13-32-29(26)31)21(2)35(20)19-23-8-6-22(7-9-23)18-34-14-4-3-5-28(34)36/h3-16H,17-19H2,1-2H3,(H2,31,32)(H,33,37). The van der Waals surface area contributed by atoms with Gasteiger partial charge >= 0.3 is 6.09 Å². The number of benzene rings is 2. The topological polar surface area (TPSA) is 104 Å². The Bertz CT molecular complexity index is 1670. The third-order valence-electron chi connectivity index (χ3n) is 6.64. The van der Waals surface area contributed by atoms with Gasteiger partial charge in [0.15, 0.2) is 5.75 Å². The fourth-order valence-electron chi connectivity index (χ4n) is 4.51. The van der Waals surface area contributed by atoms with Crippen molar-refractivity contribution in [3.63, 3.8) is 0 Å². The van der Waals surface area contributed by atoms with Gasteiger partial charge in [-0.25, -0.2) is 9.78 Å². The summed E-state index contributed by atoms with van der Waals surface area (Å²) in [6.45, 7) is 5.43. The molecular formula is C30H29N5O3. The van der Waals surface area contributed by atoms with Crippen LogP contribution in [0.5, 0.6) is 5.75 Å². The fraction of sp³-hybridized carbons (Fsp3) is 0.167. The Kier molecular flexibility index (Phi) is 6.95. The summed E-state index contributed by atoms with van der Waals surface area (Å²) in [5.41, 5.74) is 10.9. The number of carbonyl (C=O) groups excluding carboxylic acids is 1. The van der Waals surface area contributed by atoms with E-state index in [2.05, 4.69) is 27.0 Å². The van der Waals surface area contributed by atoms with Crippen molar-refractivity contribution in [2.75, 3.05) is 5.73 Å². The van der Waals surface area contributed by atoms with Crippen LogP contribution in [0.1, 0.15) is 28.1 Å². The third kappa shape index (κ3) is 5.44.